The van der Waals surface area contributed by atoms with E-state index in [1.807, 2.05) is 6.20 Å². The molecule has 0 amide bonds. The summed E-state index contributed by atoms with van der Waals surface area (Å²) in [6.45, 7) is 4.23. The zero-order chi connectivity index (χ0) is 12.1. The van der Waals surface area contributed by atoms with E-state index < -0.39 is 0 Å². The first-order chi connectivity index (χ1) is 8.29. The van der Waals surface area contributed by atoms with Crippen LogP contribution in [0.5, 0.6) is 0 Å². The third-order valence-electron chi connectivity index (χ3n) is 3.01. The lowest BCUT2D eigenvalue weighted by molar-refractivity contribution is 0.256. The van der Waals surface area contributed by atoms with E-state index in [9.17, 15) is 0 Å². The van der Waals surface area contributed by atoms with Gasteiger partial charge in [0, 0.05) is 36.0 Å². The Bertz CT molecular complexity index is 334. The molecule has 1 aliphatic rings. The number of rotatable bonds is 6. The molecule has 1 saturated heterocycles. The molecule has 2 heterocycles. The van der Waals surface area contributed by atoms with Gasteiger partial charge in [-0.2, -0.15) is 11.8 Å². The van der Waals surface area contributed by atoms with E-state index >= 15 is 0 Å². The topological polar surface area (TPSA) is 28.2 Å². The van der Waals surface area contributed by atoms with Crippen LogP contribution in [-0.2, 0) is 6.54 Å². The van der Waals surface area contributed by atoms with Crippen LogP contribution in [0, 0.1) is 0 Å². The highest BCUT2D eigenvalue weighted by Gasteiger charge is 2.20. The third kappa shape index (κ3) is 3.86. The number of anilines is 1. The van der Waals surface area contributed by atoms with Gasteiger partial charge in [0.1, 0.15) is 0 Å². The van der Waals surface area contributed by atoms with E-state index in [4.69, 9.17) is 0 Å². The molecule has 1 unspecified atom stereocenters. The van der Waals surface area contributed by atoms with Gasteiger partial charge >= 0.3 is 0 Å². The van der Waals surface area contributed by atoms with Crippen molar-refractivity contribution in [1.29, 1.82) is 0 Å². The molecular weight excluding hydrogens is 250 g/mol. The summed E-state index contributed by atoms with van der Waals surface area (Å²) in [4.78, 5) is 8.24. The predicted molar refractivity (Wildman–Crippen MR) is 78.1 cm³/mol. The second-order valence-electron chi connectivity index (χ2n) is 4.49. The minimum absolute atomic E-state index is 0.758. The summed E-state index contributed by atoms with van der Waals surface area (Å²) >= 11 is 3.86. The standard InChI is InChI=1S/C12H21N3S2/c1-3-5-13-12-14-7-11(17-12)8-15(2)10-4-6-16-9-10/h7,10H,3-6,8-9H2,1-2H3,(H,13,14). The molecule has 0 saturated carbocycles. The fraction of sp³-hybridized carbons (Fsp3) is 0.750. The molecule has 1 N–H and O–H groups in total. The zero-order valence-electron chi connectivity index (χ0n) is 10.6. The van der Waals surface area contributed by atoms with Crippen molar-refractivity contribution in [3.63, 3.8) is 0 Å². The summed E-state index contributed by atoms with van der Waals surface area (Å²) in [6.07, 6.45) is 4.50. The lowest BCUT2D eigenvalue weighted by Gasteiger charge is -2.22. The molecule has 1 atom stereocenters. The number of hydrogen-bond donors (Lipinski definition) is 1. The molecule has 0 aliphatic carbocycles. The first-order valence-electron chi connectivity index (χ1n) is 6.26. The van der Waals surface area contributed by atoms with Crippen LogP contribution < -0.4 is 5.32 Å². The van der Waals surface area contributed by atoms with Crippen LogP contribution in [0.25, 0.3) is 0 Å². The molecule has 17 heavy (non-hydrogen) atoms. The molecule has 0 radical (unpaired) electrons. The van der Waals surface area contributed by atoms with Crippen LogP contribution in [0.4, 0.5) is 5.13 Å². The second kappa shape index (κ2) is 6.61. The van der Waals surface area contributed by atoms with Crippen molar-refractivity contribution in [2.24, 2.45) is 0 Å². The molecule has 1 aliphatic heterocycles. The maximum Gasteiger partial charge on any atom is 0.182 e. The van der Waals surface area contributed by atoms with Crippen LogP contribution in [0.3, 0.4) is 0 Å². The maximum absolute atomic E-state index is 4.41. The highest BCUT2D eigenvalue weighted by molar-refractivity contribution is 7.99. The Hall–Kier alpha value is -0.260. The maximum atomic E-state index is 4.41. The third-order valence-corrected chi connectivity index (χ3v) is 5.10. The van der Waals surface area contributed by atoms with Crippen molar-refractivity contribution in [2.45, 2.75) is 32.4 Å². The summed E-state index contributed by atoms with van der Waals surface area (Å²) in [5.74, 6) is 2.61. The molecule has 96 valence electrons. The van der Waals surface area contributed by atoms with Gasteiger partial charge in [0.05, 0.1) is 0 Å². The minimum Gasteiger partial charge on any atom is -0.362 e. The average Bonchev–Trinajstić information content (AvgIpc) is 2.97. The van der Waals surface area contributed by atoms with Gasteiger partial charge in [0.2, 0.25) is 0 Å². The Morgan fingerprint density at radius 3 is 3.18 bits per heavy atom. The Kier molecular flexibility index (Phi) is 5.13. The van der Waals surface area contributed by atoms with Crippen LogP contribution in [0.15, 0.2) is 6.20 Å². The van der Waals surface area contributed by atoms with Crippen LogP contribution in [-0.4, -0.2) is 41.0 Å². The van der Waals surface area contributed by atoms with Crippen molar-refractivity contribution < 1.29 is 0 Å². The highest BCUT2D eigenvalue weighted by Crippen LogP contribution is 2.25. The van der Waals surface area contributed by atoms with Gasteiger partial charge in [0.15, 0.2) is 5.13 Å². The highest BCUT2D eigenvalue weighted by atomic mass is 32.2. The van der Waals surface area contributed by atoms with Gasteiger partial charge < -0.3 is 5.32 Å². The largest absolute Gasteiger partial charge is 0.362 e. The lowest BCUT2D eigenvalue weighted by atomic mass is 10.2. The lowest BCUT2D eigenvalue weighted by Crippen LogP contribution is -2.30. The summed E-state index contributed by atoms with van der Waals surface area (Å²) in [5, 5.41) is 4.41. The van der Waals surface area contributed by atoms with Gasteiger partial charge in [0.25, 0.3) is 0 Å². The molecule has 2 rings (SSSR count). The van der Waals surface area contributed by atoms with Crippen molar-refractivity contribution in [1.82, 2.24) is 9.88 Å². The van der Waals surface area contributed by atoms with Gasteiger partial charge in [-0.05, 0) is 25.6 Å². The minimum atomic E-state index is 0.758. The van der Waals surface area contributed by atoms with Gasteiger partial charge in [-0.3, -0.25) is 4.90 Å². The molecule has 1 aromatic rings. The fourth-order valence-electron chi connectivity index (χ4n) is 1.94. The first-order valence-corrected chi connectivity index (χ1v) is 8.23. The Morgan fingerprint density at radius 1 is 1.59 bits per heavy atom. The summed E-state index contributed by atoms with van der Waals surface area (Å²) < 4.78 is 0. The Labute approximate surface area is 112 Å². The number of thioether (sulfide) groups is 1. The molecule has 1 aromatic heterocycles. The number of nitrogens with one attached hydrogen (secondary N) is 1. The van der Waals surface area contributed by atoms with Crippen LogP contribution in [0.1, 0.15) is 24.6 Å². The molecule has 5 heteroatoms. The fourth-order valence-corrected chi connectivity index (χ4v) is 4.14. The van der Waals surface area contributed by atoms with E-state index in [-0.39, 0.29) is 0 Å². The van der Waals surface area contributed by atoms with E-state index in [0.29, 0.717) is 0 Å². The number of thiazole rings is 1. The Balaban J connectivity index is 1.83. The average molecular weight is 271 g/mol. The van der Waals surface area contributed by atoms with E-state index in [0.717, 1.165) is 30.7 Å². The number of aromatic nitrogens is 1. The monoisotopic (exact) mass is 271 g/mol. The predicted octanol–water partition coefficient (Wildman–Crippen LogP) is 2.90. The summed E-state index contributed by atoms with van der Waals surface area (Å²) in [7, 11) is 2.23. The number of nitrogens with zero attached hydrogens (tertiary/aromatic N) is 2. The molecule has 3 nitrogen and oxygen atoms in total. The molecule has 0 bridgehead atoms. The van der Waals surface area contributed by atoms with Crippen LogP contribution in [0.2, 0.25) is 0 Å². The van der Waals surface area contributed by atoms with E-state index in [1.54, 1.807) is 11.3 Å². The molecule has 0 aromatic carbocycles. The Morgan fingerprint density at radius 2 is 2.47 bits per heavy atom. The van der Waals surface area contributed by atoms with Crippen molar-refractivity contribution in [2.75, 3.05) is 30.4 Å². The summed E-state index contributed by atoms with van der Waals surface area (Å²) in [5.41, 5.74) is 0. The normalized spacial score (nSPS) is 20.1. The van der Waals surface area contributed by atoms with E-state index in [1.165, 1.54) is 22.8 Å². The van der Waals surface area contributed by atoms with E-state index in [2.05, 4.69) is 40.9 Å². The van der Waals surface area contributed by atoms with Crippen molar-refractivity contribution in [3.8, 4) is 0 Å². The van der Waals surface area contributed by atoms with Crippen molar-refractivity contribution >= 4 is 28.2 Å². The summed E-state index contributed by atoms with van der Waals surface area (Å²) in [6, 6.07) is 0.758. The number of hydrogen-bond acceptors (Lipinski definition) is 5. The smallest absolute Gasteiger partial charge is 0.182 e. The quantitative estimate of drug-likeness (QED) is 0.861. The molecule has 0 spiro atoms. The SMILES string of the molecule is CCCNc1ncc(CN(C)C2CCSC2)s1. The van der Waals surface area contributed by atoms with Crippen LogP contribution >= 0.6 is 23.1 Å². The molecule has 1 fully saturated rings. The van der Waals surface area contributed by atoms with Gasteiger partial charge in [-0.1, -0.05) is 6.92 Å². The first kappa shape index (κ1) is 13.2. The molecular formula is C12H21N3S2. The second-order valence-corrected chi connectivity index (χ2v) is 6.76. The zero-order valence-corrected chi connectivity index (χ0v) is 12.2. The van der Waals surface area contributed by atoms with Gasteiger partial charge in [-0.25, -0.2) is 4.98 Å². The van der Waals surface area contributed by atoms with Crippen molar-refractivity contribution in [3.05, 3.63) is 11.1 Å². The van der Waals surface area contributed by atoms with Gasteiger partial charge in [-0.15, -0.1) is 11.3 Å².